The van der Waals surface area contributed by atoms with Crippen LogP contribution >= 0.6 is 11.6 Å². The molecule has 0 fully saturated rings. The minimum Gasteiger partial charge on any atom is -0.324 e. The molecule has 0 aliphatic heterocycles. The number of benzene rings is 2. The molecule has 2 rings (SSSR count). The summed E-state index contributed by atoms with van der Waals surface area (Å²) in [6.07, 6.45) is 0.826. The van der Waals surface area contributed by atoms with E-state index in [1.807, 2.05) is 37.4 Å². The highest BCUT2D eigenvalue weighted by atomic mass is 35.5. The Balaban J connectivity index is 1.85. The summed E-state index contributed by atoms with van der Waals surface area (Å²) in [7, 11) is 2.01. The van der Waals surface area contributed by atoms with Crippen LogP contribution in [0.25, 0.3) is 0 Å². The van der Waals surface area contributed by atoms with Gasteiger partial charge in [0.1, 0.15) is 5.82 Å². The highest BCUT2D eigenvalue weighted by Gasteiger charge is 2.08. The van der Waals surface area contributed by atoms with Crippen LogP contribution in [0.5, 0.6) is 0 Å². The fourth-order valence-electron chi connectivity index (χ4n) is 2.29. The quantitative estimate of drug-likeness (QED) is 0.874. The van der Waals surface area contributed by atoms with Crippen molar-refractivity contribution < 1.29 is 4.39 Å². The Bertz CT molecular complexity index is 589. The van der Waals surface area contributed by atoms with Crippen molar-refractivity contribution in [3.05, 3.63) is 70.5 Å². The van der Waals surface area contributed by atoms with Crippen LogP contribution in [0.3, 0.4) is 0 Å². The second-order valence-electron chi connectivity index (χ2n) is 5.32. The van der Waals surface area contributed by atoms with E-state index in [1.165, 1.54) is 6.07 Å². The van der Waals surface area contributed by atoms with Crippen molar-refractivity contribution >= 4 is 11.6 Å². The molecule has 0 radical (unpaired) electrons. The van der Waals surface area contributed by atoms with Gasteiger partial charge in [0, 0.05) is 17.6 Å². The zero-order valence-corrected chi connectivity index (χ0v) is 12.9. The monoisotopic (exact) mass is 306 g/mol. The molecule has 4 heteroatoms. The number of nitrogens with zero attached hydrogens (tertiary/aromatic N) is 1. The molecule has 21 heavy (non-hydrogen) atoms. The molecule has 2 aromatic carbocycles. The van der Waals surface area contributed by atoms with Gasteiger partial charge in [-0.05, 0) is 55.4 Å². The molecule has 0 saturated heterocycles. The van der Waals surface area contributed by atoms with E-state index in [0.29, 0.717) is 11.6 Å². The maximum Gasteiger partial charge on any atom is 0.123 e. The molecule has 1 unspecified atom stereocenters. The second kappa shape index (κ2) is 7.55. The van der Waals surface area contributed by atoms with Gasteiger partial charge in [0.2, 0.25) is 0 Å². The Morgan fingerprint density at radius 2 is 1.95 bits per heavy atom. The highest BCUT2D eigenvalue weighted by molar-refractivity contribution is 6.30. The van der Waals surface area contributed by atoms with Gasteiger partial charge >= 0.3 is 0 Å². The first-order valence-electron chi connectivity index (χ1n) is 6.98. The van der Waals surface area contributed by atoms with Gasteiger partial charge in [0.25, 0.3) is 0 Å². The Hall–Kier alpha value is -1.42. The Kier molecular flexibility index (Phi) is 5.74. The zero-order valence-electron chi connectivity index (χ0n) is 12.1. The molecule has 0 spiro atoms. The molecule has 0 saturated carbocycles. The normalized spacial score (nSPS) is 12.6. The van der Waals surface area contributed by atoms with E-state index in [1.54, 1.807) is 12.1 Å². The highest BCUT2D eigenvalue weighted by Crippen LogP contribution is 2.19. The molecular formula is C17H20ClFN2. The molecule has 2 nitrogen and oxygen atoms in total. The van der Waals surface area contributed by atoms with E-state index in [9.17, 15) is 4.39 Å². The van der Waals surface area contributed by atoms with Crippen LogP contribution < -0.4 is 5.73 Å². The van der Waals surface area contributed by atoms with Crippen molar-refractivity contribution in [1.29, 1.82) is 0 Å². The van der Waals surface area contributed by atoms with Gasteiger partial charge in [0.05, 0.1) is 0 Å². The van der Waals surface area contributed by atoms with Crippen molar-refractivity contribution in [2.24, 2.45) is 5.73 Å². The van der Waals surface area contributed by atoms with Gasteiger partial charge < -0.3 is 10.6 Å². The fraction of sp³-hybridized carbons (Fsp3) is 0.294. The van der Waals surface area contributed by atoms with Gasteiger partial charge in [-0.3, -0.25) is 0 Å². The van der Waals surface area contributed by atoms with Gasteiger partial charge in [0.15, 0.2) is 0 Å². The van der Waals surface area contributed by atoms with Crippen molar-refractivity contribution in [1.82, 2.24) is 4.90 Å². The lowest BCUT2D eigenvalue weighted by Crippen LogP contribution is -2.23. The van der Waals surface area contributed by atoms with E-state index in [2.05, 4.69) is 4.90 Å². The average molecular weight is 307 g/mol. The first kappa shape index (κ1) is 16.0. The Labute approximate surface area is 130 Å². The van der Waals surface area contributed by atoms with Crippen molar-refractivity contribution in [2.45, 2.75) is 19.0 Å². The van der Waals surface area contributed by atoms with Crippen molar-refractivity contribution in [3.63, 3.8) is 0 Å². The Morgan fingerprint density at radius 1 is 1.19 bits per heavy atom. The van der Waals surface area contributed by atoms with Crippen LogP contribution in [0.4, 0.5) is 4.39 Å². The molecule has 2 N–H and O–H groups in total. The minimum atomic E-state index is -0.198. The fourth-order valence-corrected chi connectivity index (χ4v) is 2.49. The zero-order chi connectivity index (χ0) is 15.2. The van der Waals surface area contributed by atoms with Crippen LogP contribution in [0.15, 0.2) is 48.5 Å². The number of rotatable bonds is 6. The van der Waals surface area contributed by atoms with Crippen LogP contribution in [-0.4, -0.2) is 18.5 Å². The van der Waals surface area contributed by atoms with Gasteiger partial charge in [-0.15, -0.1) is 0 Å². The minimum absolute atomic E-state index is 0.0429. The molecule has 0 bridgehead atoms. The standard InChI is InChI=1S/C17H20ClFN2/c1-21(12-13-4-2-7-16(19)10-13)9-8-17(20)14-5-3-6-15(18)11-14/h2-7,10-11,17H,8-9,12,20H2,1H3. The first-order valence-corrected chi connectivity index (χ1v) is 7.36. The topological polar surface area (TPSA) is 29.3 Å². The van der Waals surface area contributed by atoms with E-state index in [-0.39, 0.29) is 11.9 Å². The van der Waals surface area contributed by atoms with E-state index in [0.717, 1.165) is 24.1 Å². The maximum atomic E-state index is 13.1. The van der Waals surface area contributed by atoms with Crippen molar-refractivity contribution in [2.75, 3.05) is 13.6 Å². The summed E-state index contributed by atoms with van der Waals surface area (Å²) >= 11 is 5.97. The van der Waals surface area contributed by atoms with Gasteiger partial charge in [-0.25, -0.2) is 4.39 Å². The lowest BCUT2D eigenvalue weighted by atomic mass is 10.0. The van der Waals surface area contributed by atoms with E-state index >= 15 is 0 Å². The molecule has 1 atom stereocenters. The second-order valence-corrected chi connectivity index (χ2v) is 5.75. The van der Waals surface area contributed by atoms with Gasteiger partial charge in [-0.1, -0.05) is 35.9 Å². The SMILES string of the molecule is CN(CCC(N)c1cccc(Cl)c1)Cc1cccc(F)c1. The number of halogens is 2. The maximum absolute atomic E-state index is 13.1. The molecular weight excluding hydrogens is 287 g/mol. The predicted molar refractivity (Wildman–Crippen MR) is 85.7 cm³/mol. The first-order chi connectivity index (χ1) is 10.0. The summed E-state index contributed by atoms with van der Waals surface area (Å²) in [6, 6.07) is 14.3. The van der Waals surface area contributed by atoms with E-state index in [4.69, 9.17) is 17.3 Å². The third-order valence-corrected chi connectivity index (χ3v) is 3.68. The van der Waals surface area contributed by atoms with Crippen LogP contribution in [0.1, 0.15) is 23.6 Å². The molecule has 112 valence electrons. The third kappa shape index (κ3) is 5.12. The van der Waals surface area contributed by atoms with Gasteiger partial charge in [-0.2, -0.15) is 0 Å². The number of hydrogen-bond donors (Lipinski definition) is 1. The summed E-state index contributed by atoms with van der Waals surface area (Å²) in [5, 5.41) is 0.705. The molecule has 0 aliphatic rings. The molecule has 0 heterocycles. The van der Waals surface area contributed by atoms with Crippen LogP contribution in [0, 0.1) is 5.82 Å². The number of hydrogen-bond acceptors (Lipinski definition) is 2. The number of nitrogens with two attached hydrogens (primary N) is 1. The molecule has 0 aromatic heterocycles. The largest absolute Gasteiger partial charge is 0.324 e. The average Bonchev–Trinajstić information content (AvgIpc) is 2.45. The van der Waals surface area contributed by atoms with Crippen molar-refractivity contribution in [3.8, 4) is 0 Å². The lowest BCUT2D eigenvalue weighted by Gasteiger charge is -2.20. The smallest absolute Gasteiger partial charge is 0.123 e. The summed E-state index contributed by atoms with van der Waals surface area (Å²) in [4.78, 5) is 2.14. The summed E-state index contributed by atoms with van der Waals surface area (Å²) in [5.74, 6) is -0.198. The third-order valence-electron chi connectivity index (χ3n) is 3.44. The lowest BCUT2D eigenvalue weighted by molar-refractivity contribution is 0.311. The molecule has 0 aliphatic carbocycles. The van der Waals surface area contributed by atoms with Crippen LogP contribution in [-0.2, 0) is 6.54 Å². The van der Waals surface area contributed by atoms with E-state index < -0.39 is 0 Å². The van der Waals surface area contributed by atoms with Crippen LogP contribution in [0.2, 0.25) is 5.02 Å². The summed E-state index contributed by atoms with van der Waals surface area (Å²) < 4.78 is 13.1. The summed E-state index contributed by atoms with van der Waals surface area (Å²) in [6.45, 7) is 1.55. The summed E-state index contributed by atoms with van der Waals surface area (Å²) in [5.41, 5.74) is 8.19. The predicted octanol–water partition coefficient (Wildman–Crippen LogP) is 4.00. The molecule has 0 amide bonds. The Morgan fingerprint density at radius 3 is 2.67 bits per heavy atom. The molecule has 2 aromatic rings.